The van der Waals surface area contributed by atoms with E-state index in [0.29, 0.717) is 0 Å². The summed E-state index contributed by atoms with van der Waals surface area (Å²) in [5.74, 6) is 2.48. The Morgan fingerprint density at radius 2 is 0.789 bits per heavy atom. The Hall–Kier alpha value is -12.0. The Bertz CT molecular complexity index is 5120. The smallest absolute Gasteiger partial charge is 0.256 e. The number of anilines is 12. The van der Waals surface area contributed by atoms with Gasteiger partial charge in [0.1, 0.15) is 17.3 Å². The SMILES string of the molecule is c1ccc(-c2nc3cccc(-c4c5c(cc6c4Sc4cc(N(c7ccccc7)c7ccccc7)cc7c4B6c4ccccc4N7c4ccccc4)B4c6ccccc6N(c6ccccc6)c6cc(N(c7ccccc7)c7ccccc7)cc(c64)O5)c3n2-c2ccccc2)cc1. The van der Waals surface area contributed by atoms with Crippen molar-refractivity contribution in [2.75, 3.05) is 19.6 Å². The van der Waals surface area contributed by atoms with Crippen molar-refractivity contribution in [1.82, 2.24) is 9.55 Å². The molecule has 4 aliphatic rings. The maximum atomic E-state index is 8.23. The lowest BCUT2D eigenvalue weighted by atomic mass is 9.31. The first kappa shape index (κ1) is 54.7. The maximum absolute atomic E-state index is 8.23. The Morgan fingerprint density at radius 1 is 0.347 bits per heavy atom. The number of rotatable bonds is 11. The lowest BCUT2D eigenvalue weighted by molar-refractivity contribution is 0.488. The van der Waals surface area contributed by atoms with Gasteiger partial charge in [-0.1, -0.05) is 230 Å². The highest BCUT2D eigenvalue weighted by Gasteiger charge is 2.48. The Balaban J connectivity index is 0.952. The molecule has 0 atom stereocenters. The molecule has 0 spiro atoms. The number of aromatic nitrogens is 2. The largest absolute Gasteiger partial charge is 0.458 e. The molecule has 15 aromatic rings. The summed E-state index contributed by atoms with van der Waals surface area (Å²) < 4.78 is 10.6. The van der Waals surface area contributed by atoms with Crippen molar-refractivity contribution in [2.24, 2.45) is 0 Å². The molecule has 444 valence electrons. The number of benzene rings is 14. The van der Waals surface area contributed by atoms with Crippen molar-refractivity contribution >= 4 is 137 Å². The average molecular weight is 1230 g/mol. The summed E-state index contributed by atoms with van der Waals surface area (Å²) in [5.41, 5.74) is 26.0. The van der Waals surface area contributed by atoms with Crippen LogP contribution >= 0.6 is 11.8 Å². The molecule has 14 aromatic carbocycles. The molecule has 0 aliphatic carbocycles. The zero-order valence-electron chi connectivity index (χ0n) is 51.5. The Morgan fingerprint density at radius 3 is 1.32 bits per heavy atom. The van der Waals surface area contributed by atoms with Gasteiger partial charge in [-0.25, -0.2) is 4.98 Å². The number of nitrogens with zero attached hydrogens (tertiary/aromatic N) is 6. The van der Waals surface area contributed by atoms with Crippen LogP contribution in [-0.2, 0) is 0 Å². The van der Waals surface area contributed by atoms with Crippen LogP contribution in [0.15, 0.2) is 350 Å². The summed E-state index contributed by atoms with van der Waals surface area (Å²) in [4.78, 5) is 17.7. The van der Waals surface area contributed by atoms with Crippen LogP contribution in [0.5, 0.6) is 11.5 Å². The molecule has 10 heteroatoms. The van der Waals surface area contributed by atoms with Crippen molar-refractivity contribution in [3.63, 3.8) is 0 Å². The van der Waals surface area contributed by atoms with Crippen LogP contribution in [0.2, 0.25) is 0 Å². The lowest BCUT2D eigenvalue weighted by Crippen LogP contribution is -2.63. The van der Waals surface area contributed by atoms with Gasteiger partial charge in [0.2, 0.25) is 6.71 Å². The van der Waals surface area contributed by atoms with Crippen molar-refractivity contribution in [3.8, 4) is 39.7 Å². The predicted octanol–water partition coefficient (Wildman–Crippen LogP) is 18.5. The molecule has 7 nitrogen and oxygen atoms in total. The number of ether oxygens (including phenoxy) is 1. The summed E-state index contributed by atoms with van der Waals surface area (Å²) in [6, 6.07) is 123. The van der Waals surface area contributed by atoms with Crippen LogP contribution in [0.25, 0.3) is 39.2 Å². The van der Waals surface area contributed by atoms with E-state index >= 15 is 0 Å². The lowest BCUT2D eigenvalue weighted by Gasteiger charge is -2.44. The zero-order valence-corrected chi connectivity index (χ0v) is 52.3. The van der Waals surface area contributed by atoms with Crippen LogP contribution in [-0.4, -0.2) is 23.0 Å². The highest BCUT2D eigenvalue weighted by atomic mass is 32.2. The van der Waals surface area contributed by atoms with Crippen LogP contribution in [0.1, 0.15) is 0 Å². The average Bonchev–Trinajstić information content (AvgIpc) is 0.996. The fourth-order valence-corrected chi connectivity index (χ4v) is 16.6. The van der Waals surface area contributed by atoms with Crippen molar-refractivity contribution in [2.45, 2.75) is 9.79 Å². The number of para-hydroxylation sites is 10. The molecule has 95 heavy (non-hydrogen) atoms. The second kappa shape index (κ2) is 22.4. The van der Waals surface area contributed by atoms with Gasteiger partial charge < -0.3 is 24.3 Å². The van der Waals surface area contributed by atoms with E-state index in [4.69, 9.17) is 9.72 Å². The molecule has 5 heterocycles. The highest BCUT2D eigenvalue weighted by Crippen LogP contribution is 2.54. The number of fused-ring (bicyclic) bond motifs is 9. The van der Waals surface area contributed by atoms with Gasteiger partial charge in [0.25, 0.3) is 6.71 Å². The van der Waals surface area contributed by atoms with E-state index in [1.807, 2.05) is 11.8 Å². The van der Waals surface area contributed by atoms with Gasteiger partial charge in [0, 0.05) is 101 Å². The number of hydrogen-bond donors (Lipinski definition) is 0. The fraction of sp³-hybridized carbons (Fsp3) is 0. The second-order valence-electron chi connectivity index (χ2n) is 24.5. The molecule has 0 fully saturated rings. The monoisotopic (exact) mass is 1230 g/mol. The molecule has 4 aliphatic heterocycles. The zero-order chi connectivity index (χ0) is 62.5. The second-order valence-corrected chi connectivity index (χ2v) is 25.6. The van der Waals surface area contributed by atoms with Gasteiger partial charge in [-0.3, -0.25) is 4.57 Å². The van der Waals surface area contributed by atoms with Gasteiger partial charge in [-0.15, -0.1) is 0 Å². The van der Waals surface area contributed by atoms with E-state index in [9.17, 15) is 0 Å². The summed E-state index contributed by atoms with van der Waals surface area (Å²) in [6.07, 6.45) is 0. The third-order valence-electron chi connectivity index (χ3n) is 19.2. The first-order valence-corrected chi connectivity index (χ1v) is 33.2. The third kappa shape index (κ3) is 8.82. The van der Waals surface area contributed by atoms with E-state index < -0.39 is 0 Å². The molecule has 0 amide bonds. The minimum absolute atomic E-state index is 0.210. The maximum Gasteiger partial charge on any atom is 0.256 e. The summed E-state index contributed by atoms with van der Waals surface area (Å²) >= 11 is 1.86. The van der Waals surface area contributed by atoms with Gasteiger partial charge in [0.15, 0.2) is 0 Å². The topological polar surface area (TPSA) is 40.0 Å². The highest BCUT2D eigenvalue weighted by molar-refractivity contribution is 8.00. The molecule has 19 rings (SSSR count). The van der Waals surface area contributed by atoms with Crippen LogP contribution in [0, 0.1) is 0 Å². The number of imidazole rings is 1. The first-order valence-electron chi connectivity index (χ1n) is 32.4. The normalized spacial score (nSPS) is 12.8. The van der Waals surface area contributed by atoms with Gasteiger partial charge in [-0.05, 0) is 149 Å². The van der Waals surface area contributed by atoms with E-state index in [2.05, 4.69) is 364 Å². The van der Waals surface area contributed by atoms with Crippen LogP contribution in [0.4, 0.5) is 68.2 Å². The van der Waals surface area contributed by atoms with Gasteiger partial charge >= 0.3 is 0 Å². The summed E-state index contributed by atoms with van der Waals surface area (Å²) in [5, 5.41) is 0. The molecule has 0 saturated carbocycles. The quantitative estimate of drug-likeness (QED) is 0.120. The Labute approximate surface area is 556 Å². The molecule has 0 N–H and O–H groups in total. The first-order chi connectivity index (χ1) is 47.2. The van der Waals surface area contributed by atoms with Gasteiger partial charge in [0.05, 0.1) is 16.7 Å². The molecular weight excluding hydrogens is 1170 g/mol. The third-order valence-corrected chi connectivity index (χ3v) is 20.4. The minimum Gasteiger partial charge on any atom is -0.458 e. The summed E-state index contributed by atoms with van der Waals surface area (Å²) in [6.45, 7) is -0.477. The van der Waals surface area contributed by atoms with E-state index in [1.165, 1.54) is 26.7 Å². The predicted molar refractivity (Wildman–Crippen MR) is 397 cm³/mol. The molecule has 0 bridgehead atoms. The number of hydrogen-bond acceptors (Lipinski definition) is 7. The van der Waals surface area contributed by atoms with Crippen LogP contribution in [0.3, 0.4) is 0 Å². The molecular formula is C85H56B2N6OS. The van der Waals surface area contributed by atoms with Crippen molar-refractivity contribution in [1.29, 1.82) is 0 Å². The van der Waals surface area contributed by atoms with Crippen molar-refractivity contribution in [3.05, 3.63) is 340 Å². The molecule has 0 unspecified atom stereocenters. The molecule has 1 aromatic heterocycles. The van der Waals surface area contributed by atoms with E-state index in [1.54, 1.807) is 0 Å². The molecule has 0 radical (unpaired) electrons. The summed E-state index contributed by atoms with van der Waals surface area (Å²) in [7, 11) is 0. The minimum atomic E-state index is -0.267. The van der Waals surface area contributed by atoms with Crippen molar-refractivity contribution < 1.29 is 4.74 Å². The van der Waals surface area contributed by atoms with Gasteiger partial charge in [-0.2, -0.15) is 0 Å². The molecule has 0 saturated heterocycles. The van der Waals surface area contributed by atoms with E-state index in [0.717, 1.165) is 135 Å². The fourth-order valence-electron chi connectivity index (χ4n) is 15.3. The standard InChI is InChI=1S/C85H56B2N6OS/c1-9-30-57(31-10-1)85-88-72-49-29-46-67(82(72)93(85)64-44-23-8-24-45-64)79-83-70(86-68-47-25-27-50-73(68)91(62-40-19-6-20-41-62)75-52-65(54-77(94-83)80(75)86)89(58-32-11-2-12-33-58)59-34-13-3-14-35-59)56-71-84(79)95-78-55-66(90(60-36-15-4-16-37-60)61-38-17-5-18-39-61)53-76-81(78)87(71)69-48-26-28-51-74(69)92(76)63-42-21-7-22-43-63/h1-56H. The Kier molecular flexibility index (Phi) is 12.9. The van der Waals surface area contributed by atoms with E-state index in [-0.39, 0.29) is 13.4 Å². The van der Waals surface area contributed by atoms with Crippen LogP contribution < -0.4 is 57.1 Å².